The van der Waals surface area contributed by atoms with Crippen molar-refractivity contribution in [2.24, 2.45) is 0 Å². The molecule has 35 heavy (non-hydrogen) atoms. The molecule has 1 amide bonds. The van der Waals surface area contributed by atoms with Gasteiger partial charge in [0.05, 0.1) is 24.8 Å². The molecule has 2 aromatic rings. The summed E-state index contributed by atoms with van der Waals surface area (Å²) in [7, 11) is 1.61. The molecular weight excluding hydrogens is 442 g/mol. The van der Waals surface area contributed by atoms with Gasteiger partial charge in [-0.25, -0.2) is 0 Å². The smallest absolute Gasteiger partial charge is 0.295 e. The summed E-state index contributed by atoms with van der Waals surface area (Å²) in [6, 6.07) is 12.1. The summed E-state index contributed by atoms with van der Waals surface area (Å²) in [5, 5.41) is 11.5. The minimum Gasteiger partial charge on any atom is -0.507 e. The van der Waals surface area contributed by atoms with E-state index in [2.05, 4.69) is 20.8 Å². The number of rotatable bonds is 8. The highest BCUT2D eigenvalue weighted by molar-refractivity contribution is 6.46. The lowest BCUT2D eigenvalue weighted by Gasteiger charge is -2.26. The number of hydrogen-bond donors (Lipinski definition) is 1. The molecule has 0 aliphatic carbocycles. The zero-order valence-electron chi connectivity index (χ0n) is 21.8. The molecule has 0 bridgehead atoms. The van der Waals surface area contributed by atoms with E-state index in [4.69, 9.17) is 9.47 Å². The Labute approximate surface area is 208 Å². The van der Waals surface area contributed by atoms with Crippen LogP contribution in [-0.2, 0) is 15.0 Å². The van der Waals surface area contributed by atoms with Crippen LogP contribution in [0.15, 0.2) is 48.0 Å². The number of carbonyl (C=O) groups is 2. The molecule has 1 fully saturated rings. The molecule has 0 aromatic heterocycles. The molecule has 1 aliphatic heterocycles. The van der Waals surface area contributed by atoms with Crippen molar-refractivity contribution in [2.45, 2.75) is 71.9 Å². The SMILES string of the molecule is CCCCN1C(=O)C(=O)/C(=C(/O)c2ccc(OC)c(C(C)(C)C)c2)C1c1cccc(OC(C)C)c1. The van der Waals surface area contributed by atoms with Gasteiger partial charge in [0.15, 0.2) is 0 Å². The molecule has 6 nitrogen and oxygen atoms in total. The number of aliphatic hydroxyl groups is 1. The van der Waals surface area contributed by atoms with Crippen molar-refractivity contribution in [3.8, 4) is 11.5 Å². The van der Waals surface area contributed by atoms with Gasteiger partial charge in [-0.15, -0.1) is 0 Å². The number of nitrogens with zero attached hydrogens (tertiary/aromatic N) is 1. The summed E-state index contributed by atoms with van der Waals surface area (Å²) in [4.78, 5) is 28.0. The lowest BCUT2D eigenvalue weighted by atomic mass is 9.84. The molecule has 1 N–H and O–H groups in total. The topological polar surface area (TPSA) is 76.1 Å². The first-order valence-electron chi connectivity index (χ1n) is 12.2. The fourth-order valence-corrected chi connectivity index (χ4v) is 4.41. The van der Waals surface area contributed by atoms with Gasteiger partial charge in [-0.05, 0) is 61.6 Å². The summed E-state index contributed by atoms with van der Waals surface area (Å²) in [6.07, 6.45) is 1.61. The Morgan fingerprint density at radius 1 is 1.11 bits per heavy atom. The van der Waals surface area contributed by atoms with Gasteiger partial charge in [-0.1, -0.05) is 46.2 Å². The number of carbonyl (C=O) groups excluding carboxylic acids is 2. The number of amides is 1. The third kappa shape index (κ3) is 5.53. The molecule has 0 radical (unpaired) electrons. The summed E-state index contributed by atoms with van der Waals surface area (Å²) in [5.41, 5.74) is 1.94. The highest BCUT2D eigenvalue weighted by Gasteiger charge is 2.46. The fourth-order valence-electron chi connectivity index (χ4n) is 4.41. The van der Waals surface area contributed by atoms with E-state index in [-0.39, 0.29) is 22.9 Å². The zero-order valence-corrected chi connectivity index (χ0v) is 21.8. The predicted octanol–water partition coefficient (Wildman–Crippen LogP) is 6.00. The van der Waals surface area contributed by atoms with E-state index in [0.29, 0.717) is 23.6 Å². The molecule has 3 rings (SSSR count). The molecule has 0 saturated carbocycles. The second-order valence-corrected chi connectivity index (χ2v) is 10.3. The molecule has 6 heteroatoms. The van der Waals surface area contributed by atoms with Crippen molar-refractivity contribution in [1.29, 1.82) is 0 Å². The number of unbranched alkanes of at least 4 members (excludes halogenated alkanes) is 1. The van der Waals surface area contributed by atoms with Gasteiger partial charge in [0, 0.05) is 17.7 Å². The highest BCUT2D eigenvalue weighted by Crippen LogP contribution is 2.41. The molecule has 0 spiro atoms. The first kappa shape index (κ1) is 26.3. The normalized spacial score (nSPS) is 17.8. The van der Waals surface area contributed by atoms with E-state index in [0.717, 1.165) is 24.0 Å². The molecule has 188 valence electrons. The Kier molecular flexibility index (Phi) is 7.93. The predicted molar refractivity (Wildman–Crippen MR) is 138 cm³/mol. The zero-order chi connectivity index (χ0) is 25.9. The van der Waals surface area contributed by atoms with Crippen LogP contribution in [-0.4, -0.2) is 41.5 Å². The van der Waals surface area contributed by atoms with E-state index in [9.17, 15) is 14.7 Å². The van der Waals surface area contributed by atoms with E-state index in [1.807, 2.05) is 51.1 Å². The van der Waals surface area contributed by atoms with Gasteiger partial charge in [-0.3, -0.25) is 9.59 Å². The van der Waals surface area contributed by atoms with E-state index >= 15 is 0 Å². The van der Waals surface area contributed by atoms with Gasteiger partial charge < -0.3 is 19.5 Å². The molecule has 1 heterocycles. The maximum atomic E-state index is 13.3. The first-order valence-corrected chi connectivity index (χ1v) is 12.2. The molecule has 1 unspecified atom stereocenters. The van der Waals surface area contributed by atoms with Crippen LogP contribution < -0.4 is 9.47 Å². The van der Waals surface area contributed by atoms with E-state index in [1.54, 1.807) is 24.1 Å². The van der Waals surface area contributed by atoms with Crippen LogP contribution in [0.25, 0.3) is 5.76 Å². The van der Waals surface area contributed by atoms with Crippen molar-refractivity contribution in [3.63, 3.8) is 0 Å². The quantitative estimate of drug-likeness (QED) is 0.285. The van der Waals surface area contributed by atoms with Gasteiger partial charge in [0.2, 0.25) is 0 Å². The highest BCUT2D eigenvalue weighted by atomic mass is 16.5. The molecular formula is C29H37NO5. The minimum absolute atomic E-state index is 0.0215. The number of Topliss-reactive ketones (excluding diaryl/α,β-unsaturated/α-hetero) is 1. The Bertz CT molecular complexity index is 1130. The number of likely N-dealkylation sites (tertiary alicyclic amines) is 1. The van der Waals surface area contributed by atoms with Crippen LogP contribution in [0.2, 0.25) is 0 Å². The van der Waals surface area contributed by atoms with Gasteiger partial charge in [0.25, 0.3) is 11.7 Å². The number of ether oxygens (including phenoxy) is 2. The van der Waals surface area contributed by atoms with Crippen molar-refractivity contribution < 1.29 is 24.2 Å². The second kappa shape index (κ2) is 10.5. The summed E-state index contributed by atoms with van der Waals surface area (Å²) in [6.45, 7) is 12.5. The van der Waals surface area contributed by atoms with Crippen LogP contribution in [0.5, 0.6) is 11.5 Å². The Morgan fingerprint density at radius 2 is 1.83 bits per heavy atom. The fraction of sp³-hybridized carbons (Fsp3) is 0.448. The van der Waals surface area contributed by atoms with E-state index < -0.39 is 17.7 Å². The van der Waals surface area contributed by atoms with E-state index in [1.165, 1.54) is 0 Å². The third-order valence-corrected chi connectivity index (χ3v) is 6.12. The molecule has 1 saturated heterocycles. The van der Waals surface area contributed by atoms with Crippen LogP contribution in [0, 0.1) is 0 Å². The average molecular weight is 480 g/mol. The number of hydrogen-bond acceptors (Lipinski definition) is 5. The second-order valence-electron chi connectivity index (χ2n) is 10.3. The van der Waals surface area contributed by atoms with Crippen LogP contribution >= 0.6 is 0 Å². The monoisotopic (exact) mass is 479 g/mol. The van der Waals surface area contributed by atoms with Crippen molar-refractivity contribution >= 4 is 17.4 Å². The summed E-state index contributed by atoms with van der Waals surface area (Å²) < 4.78 is 11.4. The number of aliphatic hydroxyl groups excluding tert-OH is 1. The van der Waals surface area contributed by atoms with Crippen LogP contribution in [0.4, 0.5) is 0 Å². The standard InChI is InChI=1S/C29H37NO5/c1-8-9-15-30-25(19-11-10-12-21(16-19)35-18(2)3)24(27(32)28(30)33)26(31)20-13-14-23(34-7)22(17-20)29(4,5)6/h10-14,16-18,25,31H,8-9,15H2,1-7H3/b26-24+. The van der Waals surface area contributed by atoms with Gasteiger partial charge >= 0.3 is 0 Å². The number of methoxy groups -OCH3 is 1. The Balaban J connectivity index is 2.21. The number of benzene rings is 2. The summed E-state index contributed by atoms with van der Waals surface area (Å²) >= 11 is 0. The lowest BCUT2D eigenvalue weighted by molar-refractivity contribution is -0.139. The lowest BCUT2D eigenvalue weighted by Crippen LogP contribution is -2.30. The number of ketones is 1. The molecule has 2 aromatic carbocycles. The van der Waals surface area contributed by atoms with Crippen LogP contribution in [0.1, 0.15) is 77.1 Å². The Hall–Kier alpha value is -3.28. The van der Waals surface area contributed by atoms with Crippen LogP contribution in [0.3, 0.4) is 0 Å². The average Bonchev–Trinajstić information content (AvgIpc) is 3.05. The third-order valence-electron chi connectivity index (χ3n) is 6.12. The molecule has 1 aliphatic rings. The largest absolute Gasteiger partial charge is 0.507 e. The van der Waals surface area contributed by atoms with Gasteiger partial charge in [-0.2, -0.15) is 0 Å². The van der Waals surface area contributed by atoms with Crippen molar-refractivity contribution in [1.82, 2.24) is 4.90 Å². The van der Waals surface area contributed by atoms with Crippen molar-refractivity contribution in [3.05, 3.63) is 64.7 Å². The first-order chi connectivity index (χ1) is 16.5. The minimum atomic E-state index is -0.697. The maximum Gasteiger partial charge on any atom is 0.295 e. The maximum absolute atomic E-state index is 13.3. The van der Waals surface area contributed by atoms with Gasteiger partial charge in [0.1, 0.15) is 17.3 Å². The van der Waals surface area contributed by atoms with Crippen molar-refractivity contribution in [2.75, 3.05) is 13.7 Å². The summed E-state index contributed by atoms with van der Waals surface area (Å²) in [5.74, 6) is -0.0992. The molecule has 1 atom stereocenters. The Morgan fingerprint density at radius 3 is 2.43 bits per heavy atom.